The van der Waals surface area contributed by atoms with E-state index in [1.54, 1.807) is 0 Å². The Morgan fingerprint density at radius 2 is 1.82 bits per heavy atom. The minimum absolute atomic E-state index is 0.0599. The van der Waals surface area contributed by atoms with Crippen LogP contribution in [0.15, 0.2) is 0 Å². The summed E-state index contributed by atoms with van der Waals surface area (Å²) in [5, 5.41) is 8.51. The molecule has 0 aromatic rings. The lowest BCUT2D eigenvalue weighted by atomic mass is 10.2. The van der Waals surface area contributed by atoms with Gasteiger partial charge in [-0.3, -0.25) is 0 Å². The topological polar surface area (TPSA) is 51.2 Å². The van der Waals surface area contributed by atoms with Crippen molar-refractivity contribution in [3.05, 3.63) is 0 Å². The fourth-order valence-electron chi connectivity index (χ4n) is 1.35. The fraction of sp³-hybridized carbons (Fsp3) is 1.00. The Balaban J connectivity index is 3.48. The molecule has 0 spiro atoms. The van der Waals surface area contributed by atoms with Gasteiger partial charge in [0.2, 0.25) is 0 Å². The van der Waals surface area contributed by atoms with Crippen molar-refractivity contribution in [2.45, 2.75) is 19.4 Å². The molecule has 0 heterocycles. The van der Waals surface area contributed by atoms with Gasteiger partial charge in [-0.15, -0.1) is 0 Å². The number of aliphatic hydroxyl groups is 1. The van der Waals surface area contributed by atoms with Gasteiger partial charge in [0.05, 0.1) is 39.1 Å². The van der Waals surface area contributed by atoms with E-state index in [-0.39, 0.29) is 12.7 Å². The van der Waals surface area contributed by atoms with E-state index in [9.17, 15) is 0 Å². The molecule has 0 aromatic carbocycles. The van der Waals surface area contributed by atoms with E-state index in [4.69, 9.17) is 19.3 Å². The van der Waals surface area contributed by atoms with Gasteiger partial charge in [-0.25, -0.2) is 0 Å². The molecule has 0 aliphatic rings. The Labute approximate surface area is 105 Å². The van der Waals surface area contributed by atoms with Crippen LogP contribution in [0, 0.1) is 0 Å². The van der Waals surface area contributed by atoms with Crippen LogP contribution < -0.4 is 0 Å². The van der Waals surface area contributed by atoms with Crippen LogP contribution in [0.2, 0.25) is 0 Å². The van der Waals surface area contributed by atoms with Crippen molar-refractivity contribution in [2.24, 2.45) is 0 Å². The van der Waals surface area contributed by atoms with E-state index >= 15 is 0 Å². The van der Waals surface area contributed by atoms with Crippen LogP contribution >= 0.6 is 0 Å². The zero-order chi connectivity index (χ0) is 12.9. The Hall–Kier alpha value is -0.200. The molecule has 0 fully saturated rings. The average Bonchev–Trinajstić information content (AvgIpc) is 2.30. The highest BCUT2D eigenvalue weighted by atomic mass is 16.5. The van der Waals surface area contributed by atoms with E-state index < -0.39 is 0 Å². The zero-order valence-electron chi connectivity index (χ0n) is 11.4. The molecule has 0 radical (unpaired) electrons. The van der Waals surface area contributed by atoms with Crippen molar-refractivity contribution in [3.8, 4) is 0 Å². The molecular formula is C12H27NO4. The van der Waals surface area contributed by atoms with Gasteiger partial charge in [-0.2, -0.15) is 0 Å². The maximum Gasteiger partial charge on any atom is 0.0820 e. The predicted molar refractivity (Wildman–Crippen MR) is 67.3 cm³/mol. The van der Waals surface area contributed by atoms with E-state index in [0.29, 0.717) is 33.0 Å². The first kappa shape index (κ1) is 16.8. The largest absolute Gasteiger partial charge is 0.394 e. The number of hydrogen-bond acceptors (Lipinski definition) is 5. The van der Waals surface area contributed by atoms with Crippen molar-refractivity contribution in [1.29, 1.82) is 0 Å². The van der Waals surface area contributed by atoms with E-state index in [1.165, 1.54) is 0 Å². The molecule has 0 amide bonds. The quantitative estimate of drug-likeness (QED) is 0.506. The van der Waals surface area contributed by atoms with Gasteiger partial charge in [0.15, 0.2) is 0 Å². The second-order valence-electron chi connectivity index (χ2n) is 4.08. The van der Waals surface area contributed by atoms with Crippen molar-refractivity contribution < 1.29 is 19.3 Å². The molecule has 5 nitrogen and oxygen atoms in total. The van der Waals surface area contributed by atoms with Crippen LogP contribution in [-0.4, -0.2) is 76.4 Å². The summed E-state index contributed by atoms with van der Waals surface area (Å²) in [6.07, 6.45) is 1.12. The summed E-state index contributed by atoms with van der Waals surface area (Å²) in [5.74, 6) is 0. The van der Waals surface area contributed by atoms with E-state index in [0.717, 1.165) is 13.0 Å². The molecule has 5 heteroatoms. The molecule has 1 unspecified atom stereocenters. The molecule has 1 N–H and O–H groups in total. The van der Waals surface area contributed by atoms with Crippen molar-refractivity contribution in [1.82, 2.24) is 4.90 Å². The van der Waals surface area contributed by atoms with Gasteiger partial charge in [0, 0.05) is 13.2 Å². The smallest absolute Gasteiger partial charge is 0.0820 e. The summed E-state index contributed by atoms with van der Waals surface area (Å²) in [5.41, 5.74) is 0. The molecule has 1 atom stereocenters. The number of aliphatic hydroxyl groups excluding tert-OH is 1. The lowest BCUT2D eigenvalue weighted by Gasteiger charge is -2.19. The van der Waals surface area contributed by atoms with Gasteiger partial charge in [-0.1, -0.05) is 0 Å². The maximum atomic E-state index is 8.51. The van der Waals surface area contributed by atoms with Crippen LogP contribution in [0.4, 0.5) is 0 Å². The summed E-state index contributed by atoms with van der Waals surface area (Å²) in [6, 6.07) is 0. The van der Waals surface area contributed by atoms with Crippen molar-refractivity contribution in [2.75, 3.05) is 60.3 Å². The van der Waals surface area contributed by atoms with E-state index in [1.807, 2.05) is 21.0 Å². The van der Waals surface area contributed by atoms with Crippen molar-refractivity contribution in [3.63, 3.8) is 0 Å². The summed E-state index contributed by atoms with van der Waals surface area (Å²) in [4.78, 5) is 2.14. The van der Waals surface area contributed by atoms with Gasteiger partial charge in [-0.05, 0) is 27.4 Å². The van der Waals surface area contributed by atoms with Gasteiger partial charge in [0.1, 0.15) is 0 Å². The third kappa shape index (κ3) is 12.1. The van der Waals surface area contributed by atoms with Crippen LogP contribution in [0.1, 0.15) is 13.3 Å². The first-order valence-electron chi connectivity index (χ1n) is 6.23. The third-order valence-corrected chi connectivity index (χ3v) is 2.21. The Kier molecular flexibility index (Phi) is 12.1. The van der Waals surface area contributed by atoms with E-state index in [2.05, 4.69) is 4.90 Å². The first-order valence-corrected chi connectivity index (χ1v) is 6.23. The molecule has 0 rings (SSSR count). The molecule has 0 aliphatic carbocycles. The molecule has 104 valence electrons. The normalized spacial score (nSPS) is 13.2. The number of ether oxygens (including phenoxy) is 3. The highest BCUT2D eigenvalue weighted by molar-refractivity contribution is 4.59. The lowest BCUT2D eigenvalue weighted by Crippen LogP contribution is -2.26. The minimum Gasteiger partial charge on any atom is -0.394 e. The number of hydrogen-bond donors (Lipinski definition) is 1. The maximum absolute atomic E-state index is 8.51. The third-order valence-electron chi connectivity index (χ3n) is 2.21. The lowest BCUT2D eigenvalue weighted by molar-refractivity contribution is -0.0346. The minimum atomic E-state index is 0.0599. The highest BCUT2D eigenvalue weighted by Gasteiger charge is 2.08. The Morgan fingerprint density at radius 3 is 2.41 bits per heavy atom. The van der Waals surface area contributed by atoms with Crippen LogP contribution in [0.5, 0.6) is 0 Å². The van der Waals surface area contributed by atoms with Gasteiger partial charge in [0.25, 0.3) is 0 Å². The van der Waals surface area contributed by atoms with Crippen LogP contribution in [0.3, 0.4) is 0 Å². The molecule has 17 heavy (non-hydrogen) atoms. The van der Waals surface area contributed by atoms with Gasteiger partial charge >= 0.3 is 0 Å². The van der Waals surface area contributed by atoms with Gasteiger partial charge < -0.3 is 24.2 Å². The van der Waals surface area contributed by atoms with Crippen LogP contribution in [-0.2, 0) is 14.2 Å². The first-order chi connectivity index (χ1) is 8.20. The number of nitrogens with zero attached hydrogens (tertiary/aromatic N) is 1. The van der Waals surface area contributed by atoms with Crippen LogP contribution in [0.25, 0.3) is 0 Å². The summed E-state index contributed by atoms with van der Waals surface area (Å²) >= 11 is 0. The molecule has 0 aromatic heterocycles. The predicted octanol–water partition coefficient (Wildman–Crippen LogP) is 0.369. The summed E-state index contributed by atoms with van der Waals surface area (Å²) in [7, 11) is 4.10. The molecule has 0 saturated carbocycles. The molecule has 0 bridgehead atoms. The van der Waals surface area contributed by atoms with Crippen molar-refractivity contribution >= 4 is 0 Å². The zero-order valence-corrected chi connectivity index (χ0v) is 11.4. The molecule has 0 aliphatic heterocycles. The standard InChI is InChI=1S/C12H27NO4/c1-4-17-12(5-6-13(2)3)11-16-10-9-15-8-7-14/h12,14H,4-11H2,1-3H3. The monoisotopic (exact) mass is 249 g/mol. The second-order valence-corrected chi connectivity index (χ2v) is 4.08. The fourth-order valence-corrected chi connectivity index (χ4v) is 1.35. The SMILES string of the molecule is CCOC(CCN(C)C)COCCOCCO. The Bertz CT molecular complexity index is 155. The highest BCUT2D eigenvalue weighted by Crippen LogP contribution is 2.00. The average molecular weight is 249 g/mol. The second kappa shape index (κ2) is 12.3. The molecule has 0 saturated heterocycles. The number of rotatable bonds is 12. The summed E-state index contributed by atoms with van der Waals surface area (Å²) in [6.45, 7) is 5.80. The summed E-state index contributed by atoms with van der Waals surface area (Å²) < 4.78 is 16.2. The Morgan fingerprint density at radius 1 is 1.12 bits per heavy atom. The molecular weight excluding hydrogens is 222 g/mol.